The van der Waals surface area contributed by atoms with Gasteiger partial charge in [-0.2, -0.15) is 0 Å². The van der Waals surface area contributed by atoms with E-state index in [9.17, 15) is 4.79 Å². The van der Waals surface area contributed by atoms with Crippen LogP contribution in [-0.2, 0) is 0 Å². The standard InChI is InChI=1S/C17H16Cl2N2O/c18-10-11-20-17(22)21-16-8-6-13(7-9-16)4-5-14-2-1-3-15(19)12-14/h1-9,12H,10-11H2,(H2,20,21,22)/b5-4+. The summed E-state index contributed by atoms with van der Waals surface area (Å²) < 4.78 is 0. The Morgan fingerprint density at radius 2 is 1.77 bits per heavy atom. The van der Waals surface area contributed by atoms with Gasteiger partial charge >= 0.3 is 6.03 Å². The Morgan fingerprint density at radius 3 is 2.45 bits per heavy atom. The lowest BCUT2D eigenvalue weighted by Gasteiger charge is -2.06. The summed E-state index contributed by atoms with van der Waals surface area (Å²) in [5.74, 6) is 0.390. The number of halogens is 2. The molecule has 0 radical (unpaired) electrons. The highest BCUT2D eigenvalue weighted by molar-refractivity contribution is 6.30. The van der Waals surface area contributed by atoms with Gasteiger partial charge in [0.15, 0.2) is 0 Å². The third kappa shape index (κ3) is 5.43. The molecule has 5 heteroatoms. The number of carbonyl (C=O) groups is 1. The lowest BCUT2D eigenvalue weighted by molar-refractivity contribution is 0.252. The average Bonchev–Trinajstić information content (AvgIpc) is 2.52. The molecule has 22 heavy (non-hydrogen) atoms. The van der Waals surface area contributed by atoms with Crippen LogP contribution in [0.2, 0.25) is 5.02 Å². The summed E-state index contributed by atoms with van der Waals surface area (Å²) in [6.07, 6.45) is 3.98. The quantitative estimate of drug-likeness (QED) is 0.594. The molecule has 2 amide bonds. The van der Waals surface area contributed by atoms with Crippen LogP contribution in [0.15, 0.2) is 48.5 Å². The van der Waals surface area contributed by atoms with E-state index in [4.69, 9.17) is 23.2 Å². The minimum Gasteiger partial charge on any atom is -0.337 e. The summed E-state index contributed by atoms with van der Waals surface area (Å²) in [5, 5.41) is 6.09. The predicted molar refractivity (Wildman–Crippen MR) is 94.6 cm³/mol. The van der Waals surface area contributed by atoms with Crippen molar-refractivity contribution in [3.63, 3.8) is 0 Å². The number of carbonyl (C=O) groups excluding carboxylic acids is 1. The second-order valence-corrected chi connectivity index (χ2v) is 5.39. The van der Waals surface area contributed by atoms with Crippen LogP contribution in [0.4, 0.5) is 10.5 Å². The first kappa shape index (κ1) is 16.4. The average molecular weight is 335 g/mol. The molecule has 0 heterocycles. The number of hydrogen-bond acceptors (Lipinski definition) is 1. The van der Waals surface area contributed by atoms with Crippen molar-refractivity contribution in [2.75, 3.05) is 17.7 Å². The minimum atomic E-state index is -0.261. The molecule has 0 aliphatic carbocycles. The van der Waals surface area contributed by atoms with Crippen LogP contribution in [0.5, 0.6) is 0 Å². The predicted octanol–water partition coefficient (Wildman–Crippen LogP) is 4.87. The number of alkyl halides is 1. The van der Waals surface area contributed by atoms with Gasteiger partial charge in [0.1, 0.15) is 0 Å². The minimum absolute atomic E-state index is 0.261. The first-order chi connectivity index (χ1) is 10.7. The Labute approximate surface area is 139 Å². The van der Waals surface area contributed by atoms with E-state index in [0.717, 1.165) is 16.8 Å². The van der Waals surface area contributed by atoms with Crippen LogP contribution in [-0.4, -0.2) is 18.5 Å². The zero-order valence-corrected chi connectivity index (χ0v) is 13.4. The molecule has 2 N–H and O–H groups in total. The maximum Gasteiger partial charge on any atom is 0.319 e. The zero-order valence-electron chi connectivity index (χ0n) is 11.9. The molecular weight excluding hydrogens is 319 g/mol. The van der Waals surface area contributed by atoms with Crippen molar-refractivity contribution in [1.82, 2.24) is 5.32 Å². The lowest BCUT2D eigenvalue weighted by Crippen LogP contribution is -2.30. The molecule has 114 valence electrons. The van der Waals surface area contributed by atoms with Crippen LogP contribution in [0.3, 0.4) is 0 Å². The van der Waals surface area contributed by atoms with Gasteiger partial charge in [0.2, 0.25) is 0 Å². The Bertz CT molecular complexity index is 654. The molecule has 0 saturated carbocycles. The molecule has 0 atom stereocenters. The first-order valence-electron chi connectivity index (χ1n) is 6.82. The van der Waals surface area contributed by atoms with Crippen molar-refractivity contribution in [2.45, 2.75) is 0 Å². The van der Waals surface area contributed by atoms with Gasteiger partial charge in [-0.3, -0.25) is 0 Å². The zero-order chi connectivity index (χ0) is 15.8. The largest absolute Gasteiger partial charge is 0.337 e. The van der Waals surface area contributed by atoms with E-state index in [1.807, 2.05) is 60.7 Å². The van der Waals surface area contributed by atoms with Gasteiger partial charge in [-0.05, 0) is 35.4 Å². The second kappa shape index (κ2) is 8.47. The lowest BCUT2D eigenvalue weighted by atomic mass is 10.1. The Morgan fingerprint density at radius 1 is 1.05 bits per heavy atom. The summed E-state index contributed by atoms with van der Waals surface area (Å²) in [6, 6.07) is 14.9. The molecule has 0 saturated heterocycles. The molecule has 2 aromatic carbocycles. The smallest absolute Gasteiger partial charge is 0.319 e. The molecule has 3 nitrogen and oxygen atoms in total. The van der Waals surface area contributed by atoms with E-state index >= 15 is 0 Å². The van der Waals surface area contributed by atoms with Crippen molar-refractivity contribution in [1.29, 1.82) is 0 Å². The molecule has 2 aromatic rings. The first-order valence-corrected chi connectivity index (χ1v) is 7.73. The molecule has 0 fully saturated rings. The summed E-state index contributed by atoms with van der Waals surface area (Å²) >= 11 is 11.4. The number of urea groups is 1. The van der Waals surface area contributed by atoms with Gasteiger partial charge in [-0.1, -0.05) is 48.0 Å². The summed E-state index contributed by atoms with van der Waals surface area (Å²) in [4.78, 5) is 11.5. The van der Waals surface area contributed by atoms with Gasteiger partial charge in [-0.15, -0.1) is 11.6 Å². The molecular formula is C17H16Cl2N2O. The van der Waals surface area contributed by atoms with Crippen molar-refractivity contribution >= 4 is 47.1 Å². The van der Waals surface area contributed by atoms with Crippen LogP contribution >= 0.6 is 23.2 Å². The highest BCUT2D eigenvalue weighted by Crippen LogP contribution is 2.15. The fourth-order valence-corrected chi connectivity index (χ4v) is 2.11. The molecule has 0 aromatic heterocycles. The van der Waals surface area contributed by atoms with Gasteiger partial charge in [0.25, 0.3) is 0 Å². The number of nitrogens with one attached hydrogen (secondary N) is 2. The Balaban J connectivity index is 1.95. The van der Waals surface area contributed by atoms with E-state index in [2.05, 4.69) is 10.6 Å². The van der Waals surface area contributed by atoms with Crippen LogP contribution in [0.1, 0.15) is 11.1 Å². The second-order valence-electron chi connectivity index (χ2n) is 4.58. The van der Waals surface area contributed by atoms with Crippen molar-refractivity contribution in [3.05, 3.63) is 64.7 Å². The highest BCUT2D eigenvalue weighted by atomic mass is 35.5. The van der Waals surface area contributed by atoms with Crippen molar-refractivity contribution < 1.29 is 4.79 Å². The van der Waals surface area contributed by atoms with E-state index in [0.29, 0.717) is 17.4 Å². The van der Waals surface area contributed by atoms with E-state index < -0.39 is 0 Å². The van der Waals surface area contributed by atoms with Gasteiger partial charge in [-0.25, -0.2) is 4.79 Å². The SMILES string of the molecule is O=C(NCCCl)Nc1ccc(/C=C/c2cccc(Cl)c2)cc1. The molecule has 2 rings (SSSR count). The number of benzene rings is 2. The normalized spacial score (nSPS) is 10.6. The van der Waals surface area contributed by atoms with Gasteiger partial charge in [0.05, 0.1) is 0 Å². The summed E-state index contributed by atoms with van der Waals surface area (Å²) in [6.45, 7) is 0.438. The number of rotatable bonds is 5. The summed E-state index contributed by atoms with van der Waals surface area (Å²) in [7, 11) is 0. The Kier molecular flexibility index (Phi) is 6.31. The van der Waals surface area contributed by atoms with Crippen molar-refractivity contribution in [2.24, 2.45) is 0 Å². The topological polar surface area (TPSA) is 41.1 Å². The van der Waals surface area contributed by atoms with Gasteiger partial charge < -0.3 is 10.6 Å². The van der Waals surface area contributed by atoms with Crippen LogP contribution < -0.4 is 10.6 Å². The maximum atomic E-state index is 11.5. The fourth-order valence-electron chi connectivity index (χ4n) is 1.82. The van der Waals surface area contributed by atoms with E-state index in [-0.39, 0.29) is 6.03 Å². The molecule has 0 spiro atoms. The number of amides is 2. The van der Waals surface area contributed by atoms with E-state index in [1.165, 1.54) is 0 Å². The molecule has 0 aliphatic heterocycles. The van der Waals surface area contributed by atoms with Crippen molar-refractivity contribution in [3.8, 4) is 0 Å². The Hall–Kier alpha value is -1.97. The van der Waals surface area contributed by atoms with Gasteiger partial charge in [0, 0.05) is 23.1 Å². The fraction of sp³-hybridized carbons (Fsp3) is 0.118. The number of hydrogen-bond donors (Lipinski definition) is 2. The van der Waals surface area contributed by atoms with E-state index in [1.54, 1.807) is 0 Å². The summed E-state index contributed by atoms with van der Waals surface area (Å²) in [5.41, 5.74) is 2.80. The van der Waals surface area contributed by atoms with Crippen LogP contribution in [0, 0.1) is 0 Å². The maximum absolute atomic E-state index is 11.5. The highest BCUT2D eigenvalue weighted by Gasteiger charge is 1.99. The molecule has 0 aliphatic rings. The number of anilines is 1. The van der Waals surface area contributed by atoms with Crippen LogP contribution in [0.25, 0.3) is 12.2 Å². The third-order valence-corrected chi connectivity index (χ3v) is 3.29. The molecule has 0 unspecified atom stereocenters. The monoisotopic (exact) mass is 334 g/mol. The molecule has 0 bridgehead atoms. The third-order valence-electron chi connectivity index (χ3n) is 2.87.